The Labute approximate surface area is 149 Å². The van der Waals surface area contributed by atoms with Gasteiger partial charge < -0.3 is 0 Å². The third-order valence-electron chi connectivity index (χ3n) is 4.15. The number of nitrogens with zero attached hydrogens (tertiary/aromatic N) is 4. The van der Waals surface area contributed by atoms with Gasteiger partial charge in [0.2, 0.25) is 0 Å². The van der Waals surface area contributed by atoms with Gasteiger partial charge in [0.15, 0.2) is 0 Å². The lowest BCUT2D eigenvalue weighted by Gasteiger charge is -2.08. The van der Waals surface area contributed by atoms with Crippen molar-refractivity contribution in [1.29, 1.82) is 0 Å². The first kappa shape index (κ1) is 15.6. The molecule has 2 aromatic heterocycles. The summed E-state index contributed by atoms with van der Waals surface area (Å²) in [7, 11) is 1.91. The second-order valence-corrected chi connectivity index (χ2v) is 6.32. The average molecular weight is 351 g/mol. The maximum atomic E-state index is 12.2. The third kappa shape index (κ3) is 3.06. The molecule has 0 amide bonds. The standard InChI is InChI=1S/C19H15ClN4O/c1-23-18-8-4-14(10-15(18)11-21-23)17-7-9-19(25)24(22-17)12-13-2-5-16(20)6-3-13/h2-11H,12H2,1H3. The first-order chi connectivity index (χ1) is 12.1. The highest BCUT2D eigenvalue weighted by molar-refractivity contribution is 6.30. The highest BCUT2D eigenvalue weighted by atomic mass is 35.5. The van der Waals surface area contributed by atoms with Crippen molar-refractivity contribution in [3.63, 3.8) is 0 Å². The van der Waals surface area contributed by atoms with Crippen LogP contribution in [0.5, 0.6) is 0 Å². The first-order valence-corrected chi connectivity index (χ1v) is 8.23. The molecule has 4 aromatic rings. The zero-order valence-electron chi connectivity index (χ0n) is 13.6. The monoisotopic (exact) mass is 350 g/mol. The zero-order valence-corrected chi connectivity index (χ0v) is 14.3. The highest BCUT2D eigenvalue weighted by Gasteiger charge is 2.07. The molecule has 0 saturated carbocycles. The number of aryl methyl sites for hydroxylation is 1. The summed E-state index contributed by atoms with van der Waals surface area (Å²) >= 11 is 5.91. The van der Waals surface area contributed by atoms with Crippen molar-refractivity contribution in [2.45, 2.75) is 6.54 Å². The van der Waals surface area contributed by atoms with Gasteiger partial charge in [-0.1, -0.05) is 29.8 Å². The minimum Gasteiger partial charge on any atom is -0.268 e. The lowest BCUT2D eigenvalue weighted by atomic mass is 10.1. The van der Waals surface area contributed by atoms with Crippen LogP contribution >= 0.6 is 11.6 Å². The van der Waals surface area contributed by atoms with Crippen molar-refractivity contribution in [1.82, 2.24) is 19.6 Å². The summed E-state index contributed by atoms with van der Waals surface area (Å²) in [4.78, 5) is 12.2. The molecule has 0 aliphatic rings. The van der Waals surface area contributed by atoms with Crippen molar-refractivity contribution in [3.8, 4) is 11.3 Å². The van der Waals surface area contributed by atoms with Crippen LogP contribution in [-0.2, 0) is 13.6 Å². The van der Waals surface area contributed by atoms with Crippen LogP contribution in [-0.4, -0.2) is 19.6 Å². The molecule has 2 aromatic carbocycles. The Kier molecular flexibility index (Phi) is 3.86. The van der Waals surface area contributed by atoms with E-state index in [1.807, 2.05) is 60.4 Å². The maximum Gasteiger partial charge on any atom is 0.267 e. The van der Waals surface area contributed by atoms with E-state index in [-0.39, 0.29) is 5.56 Å². The smallest absolute Gasteiger partial charge is 0.267 e. The number of hydrogen-bond donors (Lipinski definition) is 0. The van der Waals surface area contributed by atoms with Crippen LogP contribution in [0.2, 0.25) is 5.02 Å². The summed E-state index contributed by atoms with van der Waals surface area (Å²) in [6.45, 7) is 0.402. The molecule has 0 atom stereocenters. The van der Waals surface area contributed by atoms with Crippen molar-refractivity contribution in [2.75, 3.05) is 0 Å². The molecule has 0 aliphatic heterocycles. The Morgan fingerprint density at radius 3 is 2.64 bits per heavy atom. The largest absolute Gasteiger partial charge is 0.268 e. The topological polar surface area (TPSA) is 52.7 Å². The van der Waals surface area contributed by atoms with E-state index in [0.717, 1.165) is 27.7 Å². The molecule has 0 radical (unpaired) electrons. The molecule has 0 unspecified atom stereocenters. The molecule has 0 spiro atoms. The van der Waals surface area contributed by atoms with Crippen LogP contribution in [0, 0.1) is 0 Å². The van der Waals surface area contributed by atoms with E-state index in [1.165, 1.54) is 4.68 Å². The van der Waals surface area contributed by atoms with Crippen LogP contribution in [0.3, 0.4) is 0 Å². The molecule has 124 valence electrons. The number of halogens is 1. The Morgan fingerprint density at radius 2 is 1.84 bits per heavy atom. The molecule has 6 heteroatoms. The Morgan fingerprint density at radius 1 is 1.04 bits per heavy atom. The van der Waals surface area contributed by atoms with Gasteiger partial charge in [0.25, 0.3) is 5.56 Å². The van der Waals surface area contributed by atoms with Crippen molar-refractivity contribution in [3.05, 3.63) is 81.7 Å². The molecule has 0 saturated heterocycles. The molecular weight excluding hydrogens is 336 g/mol. The fourth-order valence-electron chi connectivity index (χ4n) is 2.80. The lowest BCUT2D eigenvalue weighted by Crippen LogP contribution is -2.22. The van der Waals surface area contributed by atoms with E-state index in [0.29, 0.717) is 11.6 Å². The summed E-state index contributed by atoms with van der Waals surface area (Å²) in [6.07, 6.45) is 1.82. The van der Waals surface area contributed by atoms with Gasteiger partial charge in [0.1, 0.15) is 0 Å². The highest BCUT2D eigenvalue weighted by Crippen LogP contribution is 2.22. The van der Waals surface area contributed by atoms with Gasteiger partial charge in [-0.3, -0.25) is 9.48 Å². The van der Waals surface area contributed by atoms with Crippen LogP contribution < -0.4 is 5.56 Å². The molecular formula is C19H15ClN4O. The van der Waals surface area contributed by atoms with Crippen molar-refractivity contribution < 1.29 is 0 Å². The quantitative estimate of drug-likeness (QED) is 0.568. The second-order valence-electron chi connectivity index (χ2n) is 5.88. The molecule has 4 rings (SSSR count). The van der Waals surface area contributed by atoms with Crippen molar-refractivity contribution >= 4 is 22.5 Å². The predicted molar refractivity (Wildman–Crippen MR) is 98.8 cm³/mol. The van der Waals surface area contributed by atoms with Crippen LogP contribution in [0.1, 0.15) is 5.56 Å². The molecule has 0 bridgehead atoms. The normalized spacial score (nSPS) is 11.1. The Hall–Kier alpha value is -2.92. The molecule has 2 heterocycles. The van der Waals surface area contributed by atoms with Gasteiger partial charge in [-0.2, -0.15) is 10.2 Å². The van der Waals surface area contributed by atoms with Crippen LogP contribution in [0.4, 0.5) is 0 Å². The van der Waals surface area contributed by atoms with E-state index >= 15 is 0 Å². The maximum absolute atomic E-state index is 12.2. The van der Waals surface area contributed by atoms with Crippen LogP contribution in [0.15, 0.2) is 65.6 Å². The molecule has 0 aliphatic carbocycles. The minimum atomic E-state index is -0.138. The second kappa shape index (κ2) is 6.18. The lowest BCUT2D eigenvalue weighted by molar-refractivity contribution is 0.643. The molecule has 5 nitrogen and oxygen atoms in total. The van der Waals surface area contributed by atoms with E-state index < -0.39 is 0 Å². The summed E-state index contributed by atoms with van der Waals surface area (Å²) in [5.74, 6) is 0. The van der Waals surface area contributed by atoms with Crippen molar-refractivity contribution in [2.24, 2.45) is 7.05 Å². The first-order valence-electron chi connectivity index (χ1n) is 7.85. The van der Waals surface area contributed by atoms with E-state index in [4.69, 9.17) is 11.6 Å². The number of fused-ring (bicyclic) bond motifs is 1. The van der Waals surface area contributed by atoms with E-state index in [2.05, 4.69) is 10.2 Å². The fourth-order valence-corrected chi connectivity index (χ4v) is 2.93. The SMILES string of the molecule is Cn1ncc2cc(-c3ccc(=O)n(Cc4ccc(Cl)cc4)n3)ccc21. The van der Waals surface area contributed by atoms with E-state index in [1.54, 1.807) is 12.1 Å². The summed E-state index contributed by atoms with van der Waals surface area (Å²) in [5.41, 5.74) is 3.59. The fraction of sp³-hybridized carbons (Fsp3) is 0.105. The number of aromatic nitrogens is 4. The molecule has 0 fully saturated rings. The summed E-state index contributed by atoms with van der Waals surface area (Å²) in [5, 5.41) is 10.5. The van der Waals surface area contributed by atoms with Gasteiger partial charge in [0, 0.05) is 29.1 Å². The minimum absolute atomic E-state index is 0.138. The molecule has 0 N–H and O–H groups in total. The average Bonchev–Trinajstić information content (AvgIpc) is 2.99. The van der Waals surface area contributed by atoms with Gasteiger partial charge in [-0.15, -0.1) is 0 Å². The van der Waals surface area contributed by atoms with E-state index in [9.17, 15) is 4.79 Å². The summed E-state index contributed by atoms with van der Waals surface area (Å²) in [6, 6.07) is 16.7. The predicted octanol–water partition coefficient (Wildman–Crippen LogP) is 3.50. The van der Waals surface area contributed by atoms with Crippen LogP contribution in [0.25, 0.3) is 22.2 Å². The number of hydrogen-bond acceptors (Lipinski definition) is 3. The third-order valence-corrected chi connectivity index (χ3v) is 4.41. The zero-order chi connectivity index (χ0) is 17.4. The van der Waals surface area contributed by atoms with Gasteiger partial charge in [-0.05, 0) is 35.9 Å². The van der Waals surface area contributed by atoms with Gasteiger partial charge in [-0.25, -0.2) is 4.68 Å². The van der Waals surface area contributed by atoms with Gasteiger partial charge in [0.05, 0.1) is 24.0 Å². The number of rotatable bonds is 3. The number of benzene rings is 2. The summed E-state index contributed by atoms with van der Waals surface area (Å²) < 4.78 is 3.29. The molecule has 25 heavy (non-hydrogen) atoms. The Bertz CT molecular complexity index is 1110. The Balaban J connectivity index is 1.72. The van der Waals surface area contributed by atoms with Gasteiger partial charge >= 0.3 is 0 Å².